The van der Waals surface area contributed by atoms with E-state index >= 15 is 0 Å². The van der Waals surface area contributed by atoms with Crippen LogP contribution in [0.4, 0.5) is 6.01 Å². The van der Waals surface area contributed by atoms with E-state index in [0.29, 0.717) is 19.1 Å². The van der Waals surface area contributed by atoms with Crippen molar-refractivity contribution in [3.63, 3.8) is 0 Å². The Morgan fingerprint density at radius 2 is 2.23 bits per heavy atom. The topological polar surface area (TPSA) is 62.5 Å². The van der Waals surface area contributed by atoms with Gasteiger partial charge in [0.25, 0.3) is 6.01 Å². The lowest BCUT2D eigenvalue weighted by Crippen LogP contribution is -2.47. The molecular formula is C19H20N4O2S. The Balaban J connectivity index is 1.44. The summed E-state index contributed by atoms with van der Waals surface area (Å²) in [5.41, 5.74) is 5.63. The van der Waals surface area contributed by atoms with Gasteiger partial charge in [0.15, 0.2) is 5.58 Å². The molecule has 3 aliphatic rings. The van der Waals surface area contributed by atoms with Gasteiger partial charge in [-0.25, -0.2) is 4.98 Å². The third kappa shape index (κ3) is 2.67. The number of benzene rings is 1. The smallest absolute Gasteiger partial charge is 0.298 e. The normalized spacial score (nSPS) is 23.0. The molecule has 0 unspecified atom stereocenters. The number of hydrogen-bond acceptors (Lipinski definition) is 6. The van der Waals surface area contributed by atoms with Gasteiger partial charge in [-0.3, -0.25) is 4.79 Å². The van der Waals surface area contributed by atoms with Gasteiger partial charge < -0.3 is 14.2 Å². The van der Waals surface area contributed by atoms with E-state index in [1.54, 1.807) is 11.3 Å². The Bertz CT molecular complexity index is 952. The van der Waals surface area contributed by atoms with E-state index in [-0.39, 0.29) is 17.9 Å². The third-order valence-corrected chi connectivity index (χ3v) is 6.05. The van der Waals surface area contributed by atoms with E-state index in [4.69, 9.17) is 4.42 Å². The first-order valence-electron chi connectivity index (χ1n) is 8.97. The fourth-order valence-corrected chi connectivity index (χ4v) is 4.61. The Labute approximate surface area is 155 Å². The van der Waals surface area contributed by atoms with Crippen molar-refractivity contribution in [3.8, 4) is 0 Å². The highest BCUT2D eigenvalue weighted by atomic mass is 32.1. The first-order chi connectivity index (χ1) is 12.7. The van der Waals surface area contributed by atoms with Gasteiger partial charge in [-0.2, -0.15) is 4.98 Å². The van der Waals surface area contributed by atoms with Gasteiger partial charge in [0.1, 0.15) is 5.52 Å². The van der Waals surface area contributed by atoms with Crippen LogP contribution >= 0.6 is 11.3 Å². The maximum Gasteiger partial charge on any atom is 0.298 e. The molecule has 2 atom stereocenters. The molecule has 5 heterocycles. The molecule has 0 aliphatic carbocycles. The second-order valence-corrected chi connectivity index (χ2v) is 7.97. The van der Waals surface area contributed by atoms with Crippen molar-refractivity contribution < 1.29 is 9.21 Å². The summed E-state index contributed by atoms with van der Waals surface area (Å²) in [4.78, 5) is 26.1. The van der Waals surface area contributed by atoms with Crippen molar-refractivity contribution in [2.24, 2.45) is 5.92 Å². The Hall–Kier alpha value is -2.41. The highest BCUT2D eigenvalue weighted by molar-refractivity contribution is 7.07. The van der Waals surface area contributed by atoms with Crippen LogP contribution in [0.3, 0.4) is 0 Å². The van der Waals surface area contributed by atoms with Crippen LogP contribution in [0.2, 0.25) is 0 Å². The van der Waals surface area contributed by atoms with E-state index in [9.17, 15) is 4.79 Å². The quantitative estimate of drug-likeness (QED) is 0.710. The molecule has 0 N–H and O–H groups in total. The van der Waals surface area contributed by atoms with Crippen LogP contribution < -0.4 is 4.90 Å². The lowest BCUT2D eigenvalue weighted by molar-refractivity contribution is -0.140. The van der Waals surface area contributed by atoms with Crippen molar-refractivity contribution in [1.82, 2.24) is 14.9 Å². The number of aromatic nitrogens is 2. The molecule has 2 aromatic heterocycles. The van der Waals surface area contributed by atoms with Crippen LogP contribution in [-0.4, -0.2) is 39.9 Å². The van der Waals surface area contributed by atoms with Crippen molar-refractivity contribution in [3.05, 3.63) is 40.3 Å². The monoisotopic (exact) mass is 368 g/mol. The average Bonchev–Trinajstić information content (AvgIpc) is 3.21. The summed E-state index contributed by atoms with van der Waals surface area (Å²) in [5.74, 6) is 0.243. The molecule has 26 heavy (non-hydrogen) atoms. The maximum atomic E-state index is 13.0. The number of rotatable bonds is 3. The minimum atomic E-state index is 0.00383. The van der Waals surface area contributed by atoms with Gasteiger partial charge in [-0.15, -0.1) is 11.3 Å². The Kier molecular flexibility index (Phi) is 3.70. The number of amides is 1. The molecule has 0 radical (unpaired) electrons. The molecular weight excluding hydrogens is 348 g/mol. The molecule has 3 aliphatic heterocycles. The summed E-state index contributed by atoms with van der Waals surface area (Å²) in [6, 6.07) is 6.84. The van der Waals surface area contributed by atoms with Gasteiger partial charge in [-0.1, -0.05) is 6.07 Å². The third-order valence-electron chi connectivity index (χ3n) is 5.41. The van der Waals surface area contributed by atoms with Crippen molar-refractivity contribution in [2.75, 3.05) is 18.0 Å². The maximum absolute atomic E-state index is 13.0. The molecule has 6 rings (SSSR count). The number of nitrogens with zero attached hydrogens (tertiary/aromatic N) is 4. The number of carbonyl (C=O) groups excluding carboxylic acids is 1. The molecule has 7 heteroatoms. The fraction of sp³-hybridized carbons (Fsp3) is 0.421. The number of carbonyl (C=O) groups is 1. The number of thiazole rings is 1. The number of fused-ring (bicyclic) bond motifs is 5. The standard InChI is InChI=1S/C19H20N4O2S/c1-12-2-5-17-16(6-12)21-19(25-17)22-7-13-3-4-15(9-22)23(18(13)24)8-14-10-26-11-20-14/h2,5-6,10-11,13,15H,3-4,7-9H2,1H3/t13-,15+/m0/s1. The summed E-state index contributed by atoms with van der Waals surface area (Å²) < 4.78 is 5.99. The molecule has 0 saturated carbocycles. The predicted molar refractivity (Wildman–Crippen MR) is 100 cm³/mol. The number of hydrogen-bond donors (Lipinski definition) is 0. The van der Waals surface area contributed by atoms with Gasteiger partial charge in [-0.05, 0) is 37.5 Å². The molecule has 3 aromatic rings. The predicted octanol–water partition coefficient (Wildman–Crippen LogP) is 3.22. The molecule has 6 nitrogen and oxygen atoms in total. The van der Waals surface area contributed by atoms with Gasteiger partial charge in [0.2, 0.25) is 5.91 Å². The van der Waals surface area contributed by atoms with E-state index in [2.05, 4.69) is 21.8 Å². The summed E-state index contributed by atoms with van der Waals surface area (Å²) in [5, 5.41) is 2.02. The largest absolute Gasteiger partial charge is 0.423 e. The van der Waals surface area contributed by atoms with Crippen LogP contribution in [0.1, 0.15) is 24.1 Å². The lowest BCUT2D eigenvalue weighted by atomic mass is 9.94. The zero-order chi connectivity index (χ0) is 17.7. The lowest BCUT2D eigenvalue weighted by Gasteiger charge is -2.35. The molecule has 2 bridgehead atoms. The number of anilines is 1. The first-order valence-corrected chi connectivity index (χ1v) is 9.91. The Morgan fingerprint density at radius 1 is 1.31 bits per heavy atom. The average molecular weight is 368 g/mol. The molecule has 1 amide bonds. The summed E-state index contributed by atoms with van der Waals surface area (Å²) in [6.45, 7) is 4.09. The number of piperidine rings is 1. The van der Waals surface area contributed by atoms with Crippen molar-refractivity contribution in [1.29, 1.82) is 0 Å². The molecule has 3 fully saturated rings. The minimum Gasteiger partial charge on any atom is -0.423 e. The summed E-state index contributed by atoms with van der Waals surface area (Å²) in [6.07, 6.45) is 1.96. The molecule has 0 spiro atoms. The second-order valence-electron chi connectivity index (χ2n) is 7.25. The molecule has 134 valence electrons. The van der Waals surface area contributed by atoms with E-state index in [0.717, 1.165) is 41.7 Å². The molecule has 3 saturated heterocycles. The van der Waals surface area contributed by atoms with Gasteiger partial charge in [0.05, 0.1) is 23.7 Å². The SMILES string of the molecule is Cc1ccc2oc(N3C[C@@H]4CC[C@H](C3)N(Cc3cscn3)C4=O)nc2c1. The summed E-state index contributed by atoms with van der Waals surface area (Å²) in [7, 11) is 0. The zero-order valence-electron chi connectivity index (χ0n) is 14.6. The van der Waals surface area contributed by atoms with Gasteiger partial charge in [0, 0.05) is 24.5 Å². The van der Waals surface area contributed by atoms with Crippen LogP contribution in [0.15, 0.2) is 33.5 Å². The van der Waals surface area contributed by atoms with E-state index in [1.165, 1.54) is 0 Å². The van der Waals surface area contributed by atoms with Crippen LogP contribution in [0.5, 0.6) is 0 Å². The van der Waals surface area contributed by atoms with Crippen LogP contribution in [0.25, 0.3) is 11.1 Å². The van der Waals surface area contributed by atoms with Crippen molar-refractivity contribution in [2.45, 2.75) is 32.4 Å². The van der Waals surface area contributed by atoms with E-state index < -0.39 is 0 Å². The highest BCUT2D eigenvalue weighted by Gasteiger charge is 2.41. The first kappa shape index (κ1) is 15.8. The second kappa shape index (κ2) is 6.09. The summed E-state index contributed by atoms with van der Waals surface area (Å²) >= 11 is 1.57. The Morgan fingerprint density at radius 3 is 3.08 bits per heavy atom. The molecule has 1 aromatic carbocycles. The van der Waals surface area contributed by atoms with Crippen LogP contribution in [-0.2, 0) is 11.3 Å². The zero-order valence-corrected chi connectivity index (χ0v) is 15.4. The van der Waals surface area contributed by atoms with Crippen molar-refractivity contribution >= 4 is 34.4 Å². The number of aryl methyl sites for hydroxylation is 1. The highest BCUT2D eigenvalue weighted by Crippen LogP contribution is 2.33. The number of oxazole rings is 1. The van der Waals surface area contributed by atoms with Crippen LogP contribution in [0, 0.1) is 12.8 Å². The fourth-order valence-electron chi connectivity index (χ4n) is 4.06. The minimum absolute atomic E-state index is 0.00383. The van der Waals surface area contributed by atoms with Gasteiger partial charge >= 0.3 is 0 Å². The van der Waals surface area contributed by atoms with E-state index in [1.807, 2.05) is 34.0 Å².